The third-order valence-corrected chi connectivity index (χ3v) is 5.93. The van der Waals surface area contributed by atoms with Crippen molar-refractivity contribution in [2.45, 2.75) is 51.6 Å². The summed E-state index contributed by atoms with van der Waals surface area (Å²) in [5.41, 5.74) is 0.329. The minimum absolute atomic E-state index is 0.0814. The summed E-state index contributed by atoms with van der Waals surface area (Å²) in [7, 11) is 0. The standard InChI is InChI=1S/C23H33N5O6/c1-3-33-22(31)27-12-8-16(9-13-27)24-20(29)18-6-5-7-19(26-18)21(30)25-17-10-14-28(15-11-17)23(32)34-4-2/h5-7,16-17H,3-4,8-15H2,1-2H3,(H,24,29)(H,25,30). The number of likely N-dealkylation sites (tertiary alicyclic amines) is 2. The van der Waals surface area contributed by atoms with Crippen LogP contribution in [0.3, 0.4) is 0 Å². The molecule has 2 aliphatic heterocycles. The zero-order chi connectivity index (χ0) is 24.5. The molecule has 3 rings (SSSR count). The van der Waals surface area contributed by atoms with Gasteiger partial charge in [0, 0.05) is 38.3 Å². The minimum atomic E-state index is -0.355. The van der Waals surface area contributed by atoms with Gasteiger partial charge in [0.25, 0.3) is 11.8 Å². The number of carbonyl (C=O) groups excluding carboxylic acids is 4. The molecule has 0 spiro atoms. The molecule has 1 aromatic rings. The maximum Gasteiger partial charge on any atom is 0.409 e. The van der Waals surface area contributed by atoms with Crippen LogP contribution in [0.15, 0.2) is 18.2 Å². The lowest BCUT2D eigenvalue weighted by molar-refractivity contribution is 0.0849. The second kappa shape index (κ2) is 12.2. The first-order valence-corrected chi connectivity index (χ1v) is 11.8. The molecule has 3 heterocycles. The van der Waals surface area contributed by atoms with Gasteiger partial charge < -0.3 is 29.9 Å². The Bertz CT molecular complexity index is 811. The van der Waals surface area contributed by atoms with E-state index in [9.17, 15) is 19.2 Å². The molecular formula is C23H33N5O6. The average molecular weight is 476 g/mol. The Morgan fingerprint density at radius 3 is 1.53 bits per heavy atom. The smallest absolute Gasteiger partial charge is 0.409 e. The molecule has 2 saturated heterocycles. The number of carbonyl (C=O) groups is 4. The number of amides is 4. The maximum atomic E-state index is 12.7. The van der Waals surface area contributed by atoms with Crippen LogP contribution < -0.4 is 10.6 Å². The lowest BCUT2D eigenvalue weighted by Crippen LogP contribution is -2.47. The number of hydrogen-bond donors (Lipinski definition) is 2. The van der Waals surface area contributed by atoms with E-state index in [2.05, 4.69) is 15.6 Å². The van der Waals surface area contributed by atoms with E-state index in [-0.39, 0.29) is 47.5 Å². The van der Waals surface area contributed by atoms with Gasteiger partial charge in [-0.2, -0.15) is 0 Å². The number of pyridine rings is 1. The van der Waals surface area contributed by atoms with Gasteiger partial charge in [0.1, 0.15) is 11.4 Å². The fourth-order valence-corrected chi connectivity index (χ4v) is 4.05. The van der Waals surface area contributed by atoms with Gasteiger partial charge in [-0.15, -0.1) is 0 Å². The van der Waals surface area contributed by atoms with Gasteiger partial charge in [-0.25, -0.2) is 14.6 Å². The van der Waals surface area contributed by atoms with Crippen LogP contribution in [0.1, 0.15) is 60.5 Å². The van der Waals surface area contributed by atoms with Crippen molar-refractivity contribution in [2.24, 2.45) is 0 Å². The second-order valence-electron chi connectivity index (χ2n) is 8.28. The Hall–Kier alpha value is -3.37. The molecule has 0 saturated carbocycles. The van der Waals surface area contributed by atoms with Crippen molar-refractivity contribution in [1.29, 1.82) is 0 Å². The van der Waals surface area contributed by atoms with Crippen molar-refractivity contribution < 1.29 is 28.7 Å². The number of rotatable bonds is 6. The molecule has 34 heavy (non-hydrogen) atoms. The normalized spacial score (nSPS) is 17.1. The van der Waals surface area contributed by atoms with E-state index in [0.29, 0.717) is 65.1 Å². The van der Waals surface area contributed by atoms with Crippen molar-refractivity contribution in [2.75, 3.05) is 39.4 Å². The summed E-state index contributed by atoms with van der Waals surface area (Å²) in [6.07, 6.45) is 1.81. The number of ether oxygens (including phenoxy) is 2. The average Bonchev–Trinajstić information content (AvgIpc) is 2.85. The van der Waals surface area contributed by atoms with Crippen LogP contribution in [-0.2, 0) is 9.47 Å². The van der Waals surface area contributed by atoms with Gasteiger partial charge >= 0.3 is 12.2 Å². The van der Waals surface area contributed by atoms with Crippen molar-refractivity contribution in [3.8, 4) is 0 Å². The molecule has 2 N–H and O–H groups in total. The highest BCUT2D eigenvalue weighted by atomic mass is 16.6. The van der Waals surface area contributed by atoms with Crippen LogP contribution in [0, 0.1) is 0 Å². The van der Waals surface area contributed by atoms with Crippen LogP contribution in [0.2, 0.25) is 0 Å². The number of piperidine rings is 2. The Balaban J connectivity index is 1.48. The summed E-state index contributed by atoms with van der Waals surface area (Å²) in [6.45, 7) is 6.23. The SMILES string of the molecule is CCOC(=O)N1CCC(NC(=O)c2cccc(C(=O)NC3CCN(C(=O)OCC)CC3)n2)CC1. The van der Waals surface area contributed by atoms with Crippen LogP contribution in [0.25, 0.3) is 0 Å². The van der Waals surface area contributed by atoms with E-state index in [1.165, 1.54) is 0 Å². The van der Waals surface area contributed by atoms with E-state index < -0.39 is 0 Å². The van der Waals surface area contributed by atoms with E-state index >= 15 is 0 Å². The topological polar surface area (TPSA) is 130 Å². The quantitative estimate of drug-likeness (QED) is 0.641. The number of hydrogen-bond acceptors (Lipinski definition) is 7. The fourth-order valence-electron chi connectivity index (χ4n) is 4.05. The highest BCUT2D eigenvalue weighted by Crippen LogP contribution is 2.14. The van der Waals surface area contributed by atoms with Gasteiger partial charge in [0.05, 0.1) is 13.2 Å². The molecule has 1 aromatic heterocycles. The third-order valence-electron chi connectivity index (χ3n) is 5.93. The van der Waals surface area contributed by atoms with Gasteiger partial charge in [0.2, 0.25) is 0 Å². The zero-order valence-electron chi connectivity index (χ0n) is 19.7. The Morgan fingerprint density at radius 1 is 0.794 bits per heavy atom. The predicted octanol–water partition coefficient (Wildman–Crippen LogP) is 1.78. The predicted molar refractivity (Wildman–Crippen MR) is 122 cm³/mol. The second-order valence-corrected chi connectivity index (χ2v) is 8.28. The van der Waals surface area contributed by atoms with Crippen LogP contribution in [-0.4, -0.2) is 90.3 Å². The van der Waals surface area contributed by atoms with Gasteiger partial charge in [-0.3, -0.25) is 9.59 Å². The van der Waals surface area contributed by atoms with Gasteiger partial charge in [0.15, 0.2) is 0 Å². The van der Waals surface area contributed by atoms with Crippen LogP contribution in [0.4, 0.5) is 9.59 Å². The molecule has 0 atom stereocenters. The van der Waals surface area contributed by atoms with Crippen molar-refractivity contribution >= 4 is 24.0 Å². The first kappa shape index (κ1) is 25.3. The molecule has 2 fully saturated rings. The third kappa shape index (κ3) is 6.82. The molecule has 4 amide bonds. The number of nitrogens with one attached hydrogen (secondary N) is 2. The van der Waals surface area contributed by atoms with Crippen molar-refractivity contribution in [3.63, 3.8) is 0 Å². The Morgan fingerprint density at radius 2 is 1.18 bits per heavy atom. The van der Waals surface area contributed by atoms with Crippen molar-refractivity contribution in [3.05, 3.63) is 29.6 Å². The largest absolute Gasteiger partial charge is 0.450 e. The molecular weight excluding hydrogens is 442 g/mol. The summed E-state index contributed by atoms with van der Waals surface area (Å²) in [5.74, 6) is -0.709. The Labute approximate surface area is 199 Å². The fraction of sp³-hybridized carbons (Fsp3) is 0.609. The van der Waals surface area contributed by atoms with Crippen LogP contribution in [0.5, 0.6) is 0 Å². The molecule has 0 aromatic carbocycles. The summed E-state index contributed by atoms with van der Waals surface area (Å²) in [4.78, 5) is 56.5. The first-order valence-electron chi connectivity index (χ1n) is 11.8. The number of nitrogens with zero attached hydrogens (tertiary/aromatic N) is 3. The number of aromatic nitrogens is 1. The van der Waals surface area contributed by atoms with Crippen molar-refractivity contribution in [1.82, 2.24) is 25.4 Å². The molecule has 0 aliphatic carbocycles. The lowest BCUT2D eigenvalue weighted by Gasteiger charge is -2.31. The van der Waals surface area contributed by atoms with Gasteiger partial charge in [-0.05, 0) is 51.7 Å². The summed E-state index contributed by atoms with van der Waals surface area (Å²) < 4.78 is 10.0. The molecule has 0 radical (unpaired) electrons. The molecule has 11 heteroatoms. The maximum absolute atomic E-state index is 12.7. The molecule has 0 unspecified atom stereocenters. The Kier molecular flexibility index (Phi) is 9.06. The zero-order valence-corrected chi connectivity index (χ0v) is 19.7. The van der Waals surface area contributed by atoms with Crippen LogP contribution >= 0.6 is 0 Å². The van der Waals surface area contributed by atoms with E-state index in [4.69, 9.17) is 9.47 Å². The highest BCUT2D eigenvalue weighted by Gasteiger charge is 2.27. The summed E-state index contributed by atoms with van der Waals surface area (Å²) in [5, 5.41) is 5.88. The minimum Gasteiger partial charge on any atom is -0.450 e. The summed E-state index contributed by atoms with van der Waals surface area (Å²) in [6, 6.07) is 4.60. The monoisotopic (exact) mass is 475 g/mol. The lowest BCUT2D eigenvalue weighted by atomic mass is 10.0. The summed E-state index contributed by atoms with van der Waals surface area (Å²) >= 11 is 0. The van der Waals surface area contributed by atoms with E-state index in [0.717, 1.165) is 0 Å². The highest BCUT2D eigenvalue weighted by molar-refractivity contribution is 5.96. The molecule has 0 bridgehead atoms. The molecule has 186 valence electrons. The first-order chi connectivity index (χ1) is 16.4. The molecule has 2 aliphatic rings. The van der Waals surface area contributed by atoms with Gasteiger partial charge in [-0.1, -0.05) is 6.07 Å². The van der Waals surface area contributed by atoms with E-state index in [1.807, 2.05) is 0 Å². The van der Waals surface area contributed by atoms with E-state index in [1.54, 1.807) is 41.8 Å². The molecule has 11 nitrogen and oxygen atoms in total.